The van der Waals surface area contributed by atoms with Crippen LogP contribution in [0.3, 0.4) is 0 Å². The van der Waals surface area contributed by atoms with Crippen molar-refractivity contribution in [2.45, 2.75) is 12.8 Å². The Morgan fingerprint density at radius 3 is 2.78 bits per heavy atom. The molecule has 0 radical (unpaired) electrons. The van der Waals surface area contributed by atoms with Crippen LogP contribution in [0.2, 0.25) is 0 Å². The first-order valence-corrected chi connectivity index (χ1v) is 7.03. The number of thiophene rings is 1. The number of nitriles is 1. The van der Waals surface area contributed by atoms with Crippen LogP contribution in [0.4, 0.5) is 0 Å². The minimum atomic E-state index is -0.730. The van der Waals surface area contributed by atoms with Crippen LogP contribution in [0.1, 0.15) is 27.4 Å². The molecule has 1 heterocycles. The molecule has 0 bridgehead atoms. The van der Waals surface area contributed by atoms with Gasteiger partial charge in [-0.05, 0) is 34.5 Å². The molecule has 1 aromatic carbocycles. The van der Waals surface area contributed by atoms with Gasteiger partial charge in [-0.3, -0.25) is 4.79 Å². The lowest BCUT2D eigenvalue weighted by Gasteiger charge is -2.08. The molecule has 0 spiro atoms. The Balaban J connectivity index is 2.35. The Kier molecular flexibility index (Phi) is 3.95. The zero-order valence-corrected chi connectivity index (χ0v) is 12.1. The van der Waals surface area contributed by atoms with E-state index >= 15 is 0 Å². The van der Waals surface area contributed by atoms with Gasteiger partial charge in [-0.25, -0.2) is 0 Å². The molecule has 2 rings (SSSR count). The van der Waals surface area contributed by atoms with E-state index in [4.69, 9.17) is 0 Å². The summed E-state index contributed by atoms with van der Waals surface area (Å²) < 4.78 is 0.895. The molecule has 4 heteroatoms. The number of benzene rings is 1. The second kappa shape index (κ2) is 5.47. The van der Waals surface area contributed by atoms with Crippen LogP contribution in [-0.4, -0.2) is 5.78 Å². The number of hydrogen-bond acceptors (Lipinski definition) is 3. The first-order chi connectivity index (χ1) is 8.61. The van der Waals surface area contributed by atoms with E-state index in [0.717, 1.165) is 14.9 Å². The molecule has 0 saturated carbocycles. The van der Waals surface area contributed by atoms with E-state index in [1.165, 1.54) is 11.3 Å². The molecule has 0 amide bonds. The minimum Gasteiger partial charge on any atom is -0.292 e. The molecular weight excluding hydrogens is 310 g/mol. The van der Waals surface area contributed by atoms with Crippen LogP contribution in [0.5, 0.6) is 0 Å². The molecule has 0 saturated heterocycles. The average molecular weight is 320 g/mol. The van der Waals surface area contributed by atoms with Gasteiger partial charge in [0.1, 0.15) is 5.92 Å². The third-order valence-corrected chi connectivity index (χ3v) is 4.12. The summed E-state index contributed by atoms with van der Waals surface area (Å²) in [5.41, 5.74) is 2.39. The number of Topliss-reactive ketones (excluding diaryl/α,β-unsaturated/α-hetero) is 1. The molecule has 0 aliphatic rings. The Labute approximate surface area is 118 Å². The van der Waals surface area contributed by atoms with Gasteiger partial charge in [0.2, 0.25) is 0 Å². The number of rotatable bonds is 3. The quantitative estimate of drug-likeness (QED) is 0.791. The molecule has 1 aromatic heterocycles. The van der Waals surface area contributed by atoms with Gasteiger partial charge < -0.3 is 0 Å². The molecule has 18 heavy (non-hydrogen) atoms. The van der Waals surface area contributed by atoms with Crippen molar-refractivity contribution in [3.8, 4) is 6.07 Å². The number of carbonyl (C=O) groups excluding carboxylic acids is 1. The van der Waals surface area contributed by atoms with Crippen LogP contribution in [0.25, 0.3) is 0 Å². The number of carbonyl (C=O) groups is 1. The summed E-state index contributed by atoms with van der Waals surface area (Å²) in [6.07, 6.45) is 0. The highest BCUT2D eigenvalue weighted by molar-refractivity contribution is 9.11. The number of halogens is 1. The summed E-state index contributed by atoms with van der Waals surface area (Å²) >= 11 is 4.77. The SMILES string of the molecule is Cc1cccc(C(C#N)C(=O)c2csc(Br)c2)c1. The van der Waals surface area contributed by atoms with Crippen LogP contribution >= 0.6 is 27.3 Å². The van der Waals surface area contributed by atoms with Crippen molar-refractivity contribution >= 4 is 33.0 Å². The van der Waals surface area contributed by atoms with Gasteiger partial charge in [0.25, 0.3) is 0 Å². The van der Waals surface area contributed by atoms with Crippen LogP contribution in [0.15, 0.2) is 39.5 Å². The van der Waals surface area contributed by atoms with Crippen LogP contribution in [0, 0.1) is 18.3 Å². The maximum absolute atomic E-state index is 12.3. The Hall–Kier alpha value is -1.44. The topological polar surface area (TPSA) is 40.9 Å². The highest BCUT2D eigenvalue weighted by Crippen LogP contribution is 2.26. The van der Waals surface area contributed by atoms with Crippen molar-refractivity contribution < 1.29 is 4.79 Å². The zero-order chi connectivity index (χ0) is 13.1. The van der Waals surface area contributed by atoms with E-state index in [2.05, 4.69) is 22.0 Å². The fourth-order valence-electron chi connectivity index (χ4n) is 1.74. The van der Waals surface area contributed by atoms with Crippen molar-refractivity contribution in [2.75, 3.05) is 0 Å². The van der Waals surface area contributed by atoms with E-state index in [-0.39, 0.29) is 5.78 Å². The van der Waals surface area contributed by atoms with Gasteiger partial charge in [-0.1, -0.05) is 29.8 Å². The third kappa shape index (κ3) is 2.69. The summed E-state index contributed by atoms with van der Waals surface area (Å²) in [4.78, 5) is 12.3. The maximum atomic E-state index is 12.3. The van der Waals surface area contributed by atoms with Gasteiger partial charge in [0, 0.05) is 10.9 Å². The number of ketones is 1. The van der Waals surface area contributed by atoms with Gasteiger partial charge in [-0.15, -0.1) is 11.3 Å². The summed E-state index contributed by atoms with van der Waals surface area (Å²) in [6, 6.07) is 11.4. The van der Waals surface area contributed by atoms with Gasteiger partial charge in [0.05, 0.1) is 9.86 Å². The van der Waals surface area contributed by atoms with E-state index in [0.29, 0.717) is 5.56 Å². The zero-order valence-electron chi connectivity index (χ0n) is 9.68. The smallest absolute Gasteiger partial charge is 0.185 e. The first-order valence-electron chi connectivity index (χ1n) is 5.36. The molecule has 2 nitrogen and oxygen atoms in total. The Bertz CT molecular complexity index is 627. The van der Waals surface area contributed by atoms with Crippen LogP contribution in [-0.2, 0) is 0 Å². The van der Waals surface area contributed by atoms with Crippen LogP contribution < -0.4 is 0 Å². The molecule has 1 unspecified atom stereocenters. The molecule has 0 aliphatic heterocycles. The summed E-state index contributed by atoms with van der Waals surface area (Å²) in [6.45, 7) is 1.95. The van der Waals surface area contributed by atoms with E-state index in [1.807, 2.05) is 31.2 Å². The monoisotopic (exact) mass is 319 g/mol. The second-order valence-electron chi connectivity index (χ2n) is 3.98. The van der Waals surface area contributed by atoms with Crippen molar-refractivity contribution in [1.29, 1.82) is 5.26 Å². The highest BCUT2D eigenvalue weighted by Gasteiger charge is 2.22. The number of hydrogen-bond donors (Lipinski definition) is 0. The second-order valence-corrected chi connectivity index (χ2v) is 6.27. The predicted molar refractivity (Wildman–Crippen MR) is 75.9 cm³/mol. The number of nitrogens with zero attached hydrogens (tertiary/aromatic N) is 1. The molecule has 0 fully saturated rings. The van der Waals surface area contributed by atoms with E-state index in [1.54, 1.807) is 11.4 Å². The van der Waals surface area contributed by atoms with Crippen molar-refractivity contribution in [1.82, 2.24) is 0 Å². The van der Waals surface area contributed by atoms with Gasteiger partial charge in [-0.2, -0.15) is 5.26 Å². The standard InChI is InChI=1S/C14H10BrNOS/c1-9-3-2-4-10(5-9)12(7-16)14(17)11-6-13(15)18-8-11/h2-6,8,12H,1H3. The predicted octanol–water partition coefficient (Wildman–Crippen LogP) is 4.31. The molecule has 1 atom stereocenters. The van der Waals surface area contributed by atoms with E-state index < -0.39 is 5.92 Å². The molecule has 90 valence electrons. The van der Waals surface area contributed by atoms with Crippen molar-refractivity contribution in [2.24, 2.45) is 0 Å². The van der Waals surface area contributed by atoms with Crippen molar-refractivity contribution in [3.63, 3.8) is 0 Å². The Morgan fingerprint density at radius 1 is 1.44 bits per heavy atom. The van der Waals surface area contributed by atoms with Gasteiger partial charge >= 0.3 is 0 Å². The summed E-state index contributed by atoms with van der Waals surface area (Å²) in [5.74, 6) is -0.878. The lowest BCUT2D eigenvalue weighted by Crippen LogP contribution is -2.10. The fourth-order valence-corrected chi connectivity index (χ4v) is 2.89. The molecule has 2 aromatic rings. The van der Waals surface area contributed by atoms with Gasteiger partial charge in [0.15, 0.2) is 5.78 Å². The average Bonchev–Trinajstić information content (AvgIpc) is 2.77. The molecule has 0 aliphatic carbocycles. The molecule has 0 N–H and O–H groups in total. The largest absolute Gasteiger partial charge is 0.292 e. The normalized spacial score (nSPS) is 11.8. The van der Waals surface area contributed by atoms with Crippen molar-refractivity contribution in [3.05, 3.63) is 56.2 Å². The lowest BCUT2D eigenvalue weighted by molar-refractivity contribution is 0.0979. The highest BCUT2D eigenvalue weighted by atomic mass is 79.9. The number of aryl methyl sites for hydroxylation is 1. The maximum Gasteiger partial charge on any atom is 0.185 e. The first kappa shape index (κ1) is 13.0. The summed E-state index contributed by atoms with van der Waals surface area (Å²) in [7, 11) is 0. The lowest BCUT2D eigenvalue weighted by atomic mass is 9.92. The summed E-state index contributed by atoms with van der Waals surface area (Å²) in [5, 5.41) is 11.0. The third-order valence-electron chi connectivity index (χ3n) is 2.62. The minimum absolute atomic E-state index is 0.148. The fraction of sp³-hybridized carbons (Fsp3) is 0.143. The van der Waals surface area contributed by atoms with E-state index in [9.17, 15) is 10.1 Å². The Morgan fingerprint density at radius 2 is 2.22 bits per heavy atom. The molecular formula is C14H10BrNOS.